The summed E-state index contributed by atoms with van der Waals surface area (Å²) in [7, 11) is 1.65. The van der Waals surface area contributed by atoms with Crippen molar-refractivity contribution in [1.29, 1.82) is 0 Å². The lowest BCUT2D eigenvalue weighted by molar-refractivity contribution is -0.132. The molecule has 2 heterocycles. The first-order valence-electron chi connectivity index (χ1n) is 12.4. The van der Waals surface area contributed by atoms with E-state index in [4.69, 9.17) is 9.47 Å². The van der Waals surface area contributed by atoms with Gasteiger partial charge in [0.2, 0.25) is 0 Å². The van der Waals surface area contributed by atoms with E-state index in [1.807, 2.05) is 82.6 Å². The molecule has 7 nitrogen and oxygen atoms in total. The maximum atomic E-state index is 13.6. The summed E-state index contributed by atoms with van der Waals surface area (Å²) in [6.07, 6.45) is 2.34. The number of nitrogens with zero attached hydrogens (tertiary/aromatic N) is 2. The summed E-state index contributed by atoms with van der Waals surface area (Å²) < 4.78 is 11.3. The number of methoxy groups -OCH3 is 1. The average Bonchev–Trinajstić information content (AvgIpc) is 3.47. The predicted molar refractivity (Wildman–Crippen MR) is 138 cm³/mol. The molecule has 1 N–H and O–H groups in total. The van der Waals surface area contributed by atoms with Crippen LogP contribution in [0.3, 0.4) is 0 Å². The van der Waals surface area contributed by atoms with Gasteiger partial charge < -0.3 is 24.6 Å². The molecular formula is C29H31N3O4. The van der Waals surface area contributed by atoms with E-state index in [9.17, 15) is 9.59 Å². The second-order valence-corrected chi connectivity index (χ2v) is 9.10. The SMILES string of the molecule is COc1ccc(CCN2C(=O)c3ccccc3N[C@H]2c2ccccc2OCC(=O)N2CCCC2)cc1. The molecule has 0 bridgehead atoms. The summed E-state index contributed by atoms with van der Waals surface area (Å²) in [5.74, 6) is 1.36. The van der Waals surface area contributed by atoms with E-state index < -0.39 is 6.17 Å². The number of nitrogens with one attached hydrogen (secondary N) is 1. The van der Waals surface area contributed by atoms with Gasteiger partial charge in [0.05, 0.1) is 12.7 Å². The monoisotopic (exact) mass is 485 g/mol. The standard InChI is InChI=1S/C29H31N3O4/c1-35-22-14-12-21(13-15-22)16-19-32-28(30-25-10-4-2-8-23(25)29(32)34)24-9-3-5-11-26(24)36-20-27(33)31-17-6-7-18-31/h2-5,8-15,28,30H,6-7,16-20H2,1H3/t28-/m1/s1. The minimum Gasteiger partial charge on any atom is -0.497 e. The lowest BCUT2D eigenvalue weighted by atomic mass is 10.0. The summed E-state index contributed by atoms with van der Waals surface area (Å²) >= 11 is 0. The fourth-order valence-corrected chi connectivity index (χ4v) is 4.85. The van der Waals surface area contributed by atoms with Crippen molar-refractivity contribution >= 4 is 17.5 Å². The Morgan fingerprint density at radius 3 is 2.47 bits per heavy atom. The summed E-state index contributed by atoms with van der Waals surface area (Å²) in [4.78, 5) is 29.9. The maximum absolute atomic E-state index is 13.6. The molecule has 1 fully saturated rings. The molecule has 0 radical (unpaired) electrons. The first-order valence-corrected chi connectivity index (χ1v) is 12.4. The van der Waals surface area contributed by atoms with E-state index in [1.165, 1.54) is 0 Å². The van der Waals surface area contributed by atoms with E-state index in [0.717, 1.165) is 48.5 Å². The summed E-state index contributed by atoms with van der Waals surface area (Å²) in [5, 5.41) is 3.54. The van der Waals surface area contributed by atoms with Gasteiger partial charge in [-0.2, -0.15) is 0 Å². The largest absolute Gasteiger partial charge is 0.497 e. The molecule has 2 amide bonds. The van der Waals surface area contributed by atoms with E-state index >= 15 is 0 Å². The second-order valence-electron chi connectivity index (χ2n) is 9.10. The second kappa shape index (κ2) is 10.7. The highest BCUT2D eigenvalue weighted by Crippen LogP contribution is 2.37. The number of amides is 2. The quantitative estimate of drug-likeness (QED) is 0.509. The zero-order valence-corrected chi connectivity index (χ0v) is 20.5. The molecule has 2 aliphatic heterocycles. The smallest absolute Gasteiger partial charge is 0.260 e. The molecule has 0 unspecified atom stereocenters. The number of ether oxygens (including phenoxy) is 2. The molecule has 1 atom stereocenters. The van der Waals surface area contributed by atoms with Gasteiger partial charge in [0.25, 0.3) is 11.8 Å². The van der Waals surface area contributed by atoms with Gasteiger partial charge in [-0.25, -0.2) is 0 Å². The van der Waals surface area contributed by atoms with Crippen LogP contribution in [0, 0.1) is 0 Å². The molecule has 0 saturated carbocycles. The Hall–Kier alpha value is -4.00. The van der Waals surface area contributed by atoms with E-state index in [2.05, 4.69) is 5.32 Å². The first kappa shape index (κ1) is 23.7. The van der Waals surface area contributed by atoms with Gasteiger partial charge in [-0.1, -0.05) is 42.5 Å². The van der Waals surface area contributed by atoms with Gasteiger partial charge in [0.15, 0.2) is 6.61 Å². The number of carbonyl (C=O) groups is 2. The number of anilines is 1. The Labute approximate surface area is 211 Å². The Morgan fingerprint density at radius 2 is 1.69 bits per heavy atom. The van der Waals surface area contributed by atoms with Crippen molar-refractivity contribution in [2.75, 3.05) is 38.7 Å². The molecular weight excluding hydrogens is 454 g/mol. The zero-order chi connectivity index (χ0) is 24.9. The van der Waals surface area contributed by atoms with Gasteiger partial charge >= 0.3 is 0 Å². The van der Waals surface area contributed by atoms with E-state index in [0.29, 0.717) is 24.3 Å². The highest BCUT2D eigenvalue weighted by molar-refractivity contribution is 6.01. The fraction of sp³-hybridized carbons (Fsp3) is 0.310. The predicted octanol–water partition coefficient (Wildman–Crippen LogP) is 4.51. The van der Waals surface area contributed by atoms with Crippen molar-refractivity contribution in [3.05, 3.63) is 89.5 Å². The normalized spacial score (nSPS) is 16.9. The molecule has 0 spiro atoms. The fourth-order valence-electron chi connectivity index (χ4n) is 4.85. The van der Waals surface area contributed by atoms with Crippen LogP contribution in [0.2, 0.25) is 0 Å². The van der Waals surface area contributed by atoms with Gasteiger partial charge in [-0.3, -0.25) is 9.59 Å². The average molecular weight is 486 g/mol. The van der Waals surface area contributed by atoms with Gasteiger partial charge in [-0.05, 0) is 55.2 Å². The van der Waals surface area contributed by atoms with Crippen molar-refractivity contribution < 1.29 is 19.1 Å². The molecule has 2 aliphatic rings. The zero-order valence-electron chi connectivity index (χ0n) is 20.5. The topological polar surface area (TPSA) is 71.1 Å². The number of para-hydroxylation sites is 2. The number of fused-ring (bicyclic) bond motifs is 1. The third kappa shape index (κ3) is 5.00. The number of carbonyl (C=O) groups excluding carboxylic acids is 2. The van der Waals surface area contributed by atoms with E-state index in [-0.39, 0.29) is 18.4 Å². The van der Waals surface area contributed by atoms with Crippen molar-refractivity contribution in [1.82, 2.24) is 9.80 Å². The van der Waals surface area contributed by atoms with Crippen LogP contribution < -0.4 is 14.8 Å². The van der Waals surface area contributed by atoms with Crippen LogP contribution in [0.4, 0.5) is 5.69 Å². The Balaban J connectivity index is 1.40. The minimum absolute atomic E-state index is 0.00306. The Bertz CT molecular complexity index is 1220. The summed E-state index contributed by atoms with van der Waals surface area (Å²) in [6.45, 7) is 2.08. The van der Waals surface area contributed by atoms with Crippen LogP contribution in [0.1, 0.15) is 40.5 Å². The third-order valence-corrected chi connectivity index (χ3v) is 6.85. The van der Waals surface area contributed by atoms with Crippen molar-refractivity contribution in [3.63, 3.8) is 0 Å². The Morgan fingerprint density at radius 1 is 0.972 bits per heavy atom. The van der Waals surface area contributed by atoms with Crippen molar-refractivity contribution in [2.45, 2.75) is 25.4 Å². The lowest BCUT2D eigenvalue weighted by Crippen LogP contribution is -2.44. The molecule has 186 valence electrons. The molecule has 0 aliphatic carbocycles. The summed E-state index contributed by atoms with van der Waals surface area (Å²) in [5.41, 5.74) is 3.37. The number of rotatable bonds is 8. The molecule has 5 rings (SSSR count). The van der Waals surface area contributed by atoms with Crippen LogP contribution in [0.5, 0.6) is 11.5 Å². The first-order chi connectivity index (χ1) is 17.6. The van der Waals surface area contributed by atoms with Crippen LogP contribution in [-0.2, 0) is 11.2 Å². The molecule has 7 heteroatoms. The Kier molecular flexibility index (Phi) is 7.07. The summed E-state index contributed by atoms with van der Waals surface area (Å²) in [6, 6.07) is 23.1. The highest BCUT2D eigenvalue weighted by Gasteiger charge is 2.34. The van der Waals surface area contributed by atoms with E-state index in [1.54, 1.807) is 7.11 Å². The maximum Gasteiger partial charge on any atom is 0.260 e. The van der Waals surface area contributed by atoms with Crippen LogP contribution >= 0.6 is 0 Å². The number of hydrogen-bond donors (Lipinski definition) is 1. The number of hydrogen-bond acceptors (Lipinski definition) is 5. The van der Waals surface area contributed by atoms with Crippen molar-refractivity contribution in [3.8, 4) is 11.5 Å². The van der Waals surface area contributed by atoms with Gasteiger partial charge in [-0.15, -0.1) is 0 Å². The van der Waals surface area contributed by atoms with Crippen LogP contribution in [-0.4, -0.2) is 55.0 Å². The molecule has 1 saturated heterocycles. The molecule has 0 aromatic heterocycles. The van der Waals surface area contributed by atoms with Gasteiger partial charge in [0.1, 0.15) is 17.7 Å². The van der Waals surface area contributed by atoms with Gasteiger partial charge in [0, 0.05) is 30.9 Å². The molecule has 3 aromatic rings. The lowest BCUT2D eigenvalue weighted by Gasteiger charge is -2.38. The van der Waals surface area contributed by atoms with Crippen LogP contribution in [0.25, 0.3) is 0 Å². The minimum atomic E-state index is -0.427. The van der Waals surface area contributed by atoms with Crippen molar-refractivity contribution in [2.24, 2.45) is 0 Å². The highest BCUT2D eigenvalue weighted by atomic mass is 16.5. The van der Waals surface area contributed by atoms with Crippen LogP contribution in [0.15, 0.2) is 72.8 Å². The number of likely N-dealkylation sites (tertiary alicyclic amines) is 1. The molecule has 3 aromatic carbocycles. The third-order valence-electron chi connectivity index (χ3n) is 6.85. The number of benzene rings is 3. The molecule has 36 heavy (non-hydrogen) atoms.